The maximum atomic E-state index is 13.9. The molecule has 0 radical (unpaired) electrons. The van der Waals surface area contributed by atoms with E-state index in [9.17, 15) is 18.5 Å². The topological polar surface area (TPSA) is 107 Å². The molecule has 2 aromatic rings. The number of carbonyl (C=O) groups is 2. The minimum absolute atomic E-state index is 0.161. The smallest absolute Gasteiger partial charge is 0.339 e. The molecule has 194 valence electrons. The molecule has 0 aromatic heterocycles. The first kappa shape index (κ1) is 26.9. The molecule has 0 spiro atoms. The molecule has 2 atom stereocenters. The van der Waals surface area contributed by atoms with Crippen LogP contribution in [0.25, 0.3) is 0 Å². The van der Waals surface area contributed by atoms with Crippen molar-refractivity contribution in [3.05, 3.63) is 59.7 Å². The van der Waals surface area contributed by atoms with Gasteiger partial charge in [0.1, 0.15) is 6.04 Å². The summed E-state index contributed by atoms with van der Waals surface area (Å²) in [5, 5.41) is 2.81. The first-order valence-corrected chi connectivity index (χ1v) is 15.0. The molecule has 0 saturated heterocycles. The van der Waals surface area contributed by atoms with Gasteiger partial charge in [-0.2, -0.15) is 0 Å². The van der Waals surface area contributed by atoms with Crippen molar-refractivity contribution in [2.75, 3.05) is 17.2 Å². The van der Waals surface area contributed by atoms with Crippen LogP contribution in [-0.2, 0) is 9.36 Å². The Morgan fingerprint density at radius 3 is 2.50 bits per heavy atom. The van der Waals surface area contributed by atoms with Gasteiger partial charge in [-0.3, -0.25) is 14.2 Å². The van der Waals surface area contributed by atoms with Gasteiger partial charge in [-0.05, 0) is 48.6 Å². The molecule has 36 heavy (non-hydrogen) atoms. The maximum absolute atomic E-state index is 13.9. The van der Waals surface area contributed by atoms with E-state index in [-0.39, 0.29) is 17.0 Å². The van der Waals surface area contributed by atoms with E-state index in [1.807, 2.05) is 24.3 Å². The molecule has 3 N–H and O–H groups in total. The van der Waals surface area contributed by atoms with Gasteiger partial charge in [0.15, 0.2) is 0 Å². The number of carbonyl (C=O) groups excluding carboxylic acids is 2. The third-order valence-electron chi connectivity index (χ3n) is 6.89. The Bertz CT molecular complexity index is 1120. The van der Waals surface area contributed by atoms with E-state index in [0.717, 1.165) is 29.3 Å². The van der Waals surface area contributed by atoms with Crippen LogP contribution in [0.3, 0.4) is 0 Å². The van der Waals surface area contributed by atoms with Gasteiger partial charge in [0.2, 0.25) is 11.8 Å². The number of nitrogens with zero attached hydrogens (tertiary/aromatic N) is 1. The summed E-state index contributed by atoms with van der Waals surface area (Å²) < 4.78 is 25.1. The molecule has 1 heterocycles. The van der Waals surface area contributed by atoms with E-state index in [1.165, 1.54) is 68.1 Å². The Hall–Kier alpha value is -2.19. The summed E-state index contributed by atoms with van der Waals surface area (Å²) in [7, 11) is -4.93. The molecule has 1 aliphatic heterocycles. The van der Waals surface area contributed by atoms with Crippen LogP contribution in [0.15, 0.2) is 53.4 Å². The summed E-state index contributed by atoms with van der Waals surface area (Å²) in [4.78, 5) is 47.3. The van der Waals surface area contributed by atoms with E-state index < -0.39 is 25.5 Å². The van der Waals surface area contributed by atoms with E-state index in [2.05, 4.69) is 5.32 Å². The van der Waals surface area contributed by atoms with Crippen LogP contribution in [0.1, 0.15) is 66.8 Å². The minimum atomic E-state index is -4.93. The summed E-state index contributed by atoms with van der Waals surface area (Å²) >= 11 is 1.52. The zero-order valence-electron chi connectivity index (χ0n) is 20.0. The van der Waals surface area contributed by atoms with Gasteiger partial charge in [-0.1, -0.05) is 56.4 Å². The molecule has 7 nitrogen and oxygen atoms in total. The highest BCUT2D eigenvalue weighted by Crippen LogP contribution is 2.52. The predicted molar refractivity (Wildman–Crippen MR) is 139 cm³/mol. The van der Waals surface area contributed by atoms with E-state index in [4.69, 9.17) is 9.79 Å². The van der Waals surface area contributed by atoms with Gasteiger partial charge in [0.25, 0.3) is 5.91 Å². The fourth-order valence-corrected chi connectivity index (χ4v) is 6.56. The van der Waals surface area contributed by atoms with Crippen molar-refractivity contribution in [3.8, 4) is 0 Å². The van der Waals surface area contributed by atoms with Gasteiger partial charge >= 0.3 is 7.60 Å². The van der Waals surface area contributed by atoms with Crippen molar-refractivity contribution in [2.45, 2.75) is 61.8 Å². The summed E-state index contributed by atoms with van der Waals surface area (Å²) in [6.45, 7) is 0.592. The average molecular weight is 535 g/mol. The number of fused-ring (bicyclic) bond motifs is 1. The van der Waals surface area contributed by atoms with Gasteiger partial charge < -0.3 is 20.0 Å². The Balaban J connectivity index is 1.44. The molecular formula is C26H32FN2O5PS. The number of hydrogen-bond donors (Lipinski definition) is 3. The predicted octanol–water partition coefficient (Wildman–Crippen LogP) is 5.43. The fourth-order valence-electron chi connectivity index (χ4n) is 4.93. The average Bonchev–Trinajstić information content (AvgIpc) is 3.00. The number of rotatable bonds is 8. The zero-order chi connectivity index (χ0) is 25.7. The Morgan fingerprint density at radius 1 is 1.11 bits per heavy atom. The van der Waals surface area contributed by atoms with E-state index in [0.29, 0.717) is 12.3 Å². The SMILES string of the molecule is O=C(NC1CSc2ccccc2N(CCCC2CCCCC2)C1=O)c1ccc(C(F)P(=O)(O)O)cc1. The van der Waals surface area contributed by atoms with Gasteiger partial charge in [0, 0.05) is 22.8 Å². The van der Waals surface area contributed by atoms with Crippen molar-refractivity contribution in [1.82, 2.24) is 5.32 Å². The zero-order valence-corrected chi connectivity index (χ0v) is 21.7. The van der Waals surface area contributed by atoms with Crippen LogP contribution in [0, 0.1) is 5.92 Å². The lowest BCUT2D eigenvalue weighted by Crippen LogP contribution is -2.49. The fraction of sp³-hybridized carbons (Fsp3) is 0.462. The van der Waals surface area contributed by atoms with Gasteiger partial charge in [0.05, 0.1) is 5.69 Å². The van der Waals surface area contributed by atoms with Crippen molar-refractivity contribution >= 4 is 36.9 Å². The first-order valence-electron chi connectivity index (χ1n) is 12.4. The lowest BCUT2D eigenvalue weighted by molar-refractivity contribution is -0.119. The third-order valence-corrected chi connectivity index (χ3v) is 8.94. The highest BCUT2D eigenvalue weighted by Gasteiger charge is 2.33. The number of para-hydroxylation sites is 1. The number of hydrogen-bond acceptors (Lipinski definition) is 4. The molecular weight excluding hydrogens is 502 g/mol. The highest BCUT2D eigenvalue weighted by atomic mass is 32.2. The number of amides is 2. The quantitative estimate of drug-likeness (QED) is 0.390. The lowest BCUT2D eigenvalue weighted by atomic mass is 9.86. The standard InChI is InChI=1S/C26H32FN2O5PS/c27-24(35(32,33)34)19-12-14-20(15-13-19)25(30)28-21-17-36-23-11-5-4-10-22(23)29(26(21)31)16-6-9-18-7-2-1-3-8-18/h4-5,10-15,18,21,24H,1-3,6-9,16-17H2,(H,28,30)(H2,32,33,34). The second-order valence-electron chi connectivity index (χ2n) is 9.49. The summed E-state index contributed by atoms with van der Waals surface area (Å²) in [6, 6.07) is 12.0. The van der Waals surface area contributed by atoms with E-state index in [1.54, 1.807) is 4.90 Å². The maximum Gasteiger partial charge on any atom is 0.363 e. The monoisotopic (exact) mass is 534 g/mol. The van der Waals surface area contributed by atoms with Crippen molar-refractivity contribution < 1.29 is 28.3 Å². The second kappa shape index (κ2) is 11.9. The molecule has 1 aliphatic carbocycles. The molecule has 2 unspecified atom stereocenters. The van der Waals surface area contributed by atoms with Crippen LogP contribution < -0.4 is 10.2 Å². The molecule has 2 aromatic carbocycles. The number of thioether (sulfide) groups is 1. The van der Waals surface area contributed by atoms with E-state index >= 15 is 0 Å². The second-order valence-corrected chi connectivity index (χ2v) is 12.2. The van der Waals surface area contributed by atoms with Crippen molar-refractivity contribution in [3.63, 3.8) is 0 Å². The Morgan fingerprint density at radius 2 is 1.81 bits per heavy atom. The molecule has 0 bridgehead atoms. The third kappa shape index (κ3) is 6.57. The number of anilines is 1. The van der Waals surface area contributed by atoms with Crippen LogP contribution in [-0.4, -0.2) is 39.9 Å². The van der Waals surface area contributed by atoms with Gasteiger partial charge in [-0.15, -0.1) is 11.8 Å². The molecule has 1 fully saturated rings. The lowest BCUT2D eigenvalue weighted by Gasteiger charge is -2.27. The van der Waals surface area contributed by atoms with Gasteiger partial charge in [-0.25, -0.2) is 4.39 Å². The summed E-state index contributed by atoms with van der Waals surface area (Å²) in [5.41, 5.74) is 0.837. The van der Waals surface area contributed by atoms with Crippen molar-refractivity contribution in [1.29, 1.82) is 0 Å². The van der Waals surface area contributed by atoms with Crippen LogP contribution >= 0.6 is 19.4 Å². The molecule has 2 aliphatic rings. The minimum Gasteiger partial charge on any atom is -0.339 e. The normalized spacial score (nSPS) is 19.9. The number of benzene rings is 2. The number of alkyl halides is 1. The molecule has 4 rings (SSSR count). The largest absolute Gasteiger partial charge is 0.363 e. The number of halogens is 1. The Labute approximate surface area is 215 Å². The van der Waals surface area contributed by atoms with Crippen LogP contribution in [0.2, 0.25) is 0 Å². The first-order chi connectivity index (χ1) is 17.2. The van der Waals surface area contributed by atoms with Crippen LogP contribution in [0.4, 0.5) is 10.1 Å². The highest BCUT2D eigenvalue weighted by molar-refractivity contribution is 7.99. The van der Waals surface area contributed by atoms with Crippen molar-refractivity contribution in [2.24, 2.45) is 5.92 Å². The molecule has 1 saturated carbocycles. The molecule has 2 amide bonds. The summed E-state index contributed by atoms with van der Waals surface area (Å²) in [6.07, 6.45) is 8.40. The number of nitrogens with one attached hydrogen (secondary N) is 1. The summed E-state index contributed by atoms with van der Waals surface area (Å²) in [5.74, 6) is -2.01. The molecule has 10 heteroatoms. The Kier molecular flexibility index (Phi) is 8.88. The van der Waals surface area contributed by atoms with Crippen LogP contribution in [0.5, 0.6) is 0 Å².